The molecule has 0 amide bonds. The maximum atomic E-state index is 12.7. The SMILES string of the molecule is COc1ccc(S(=O)(=O)Nc2ccc(NC3CCCCC3)cn2)c(OC)c1. The van der Waals surface area contributed by atoms with E-state index in [1.807, 2.05) is 6.07 Å². The monoisotopic (exact) mass is 391 g/mol. The standard InChI is InChI=1S/C19H25N3O4S/c1-25-16-9-10-18(17(12-16)26-2)27(23,24)22-19-11-8-15(13-20-19)21-14-6-4-3-5-7-14/h8-14,21H,3-7H2,1-2H3,(H,20,22). The Morgan fingerprint density at radius 2 is 1.81 bits per heavy atom. The molecule has 0 radical (unpaired) electrons. The molecule has 2 N–H and O–H groups in total. The van der Waals surface area contributed by atoms with Crippen LogP contribution in [0.15, 0.2) is 41.4 Å². The van der Waals surface area contributed by atoms with Crippen molar-refractivity contribution in [1.29, 1.82) is 0 Å². The van der Waals surface area contributed by atoms with E-state index in [0.29, 0.717) is 11.8 Å². The molecule has 7 nitrogen and oxygen atoms in total. The summed E-state index contributed by atoms with van der Waals surface area (Å²) in [5.41, 5.74) is 0.895. The summed E-state index contributed by atoms with van der Waals surface area (Å²) in [6.07, 6.45) is 7.75. The number of nitrogens with one attached hydrogen (secondary N) is 2. The Hall–Kier alpha value is -2.48. The van der Waals surface area contributed by atoms with E-state index in [1.54, 1.807) is 18.3 Å². The second-order valence-electron chi connectivity index (χ2n) is 6.53. The largest absolute Gasteiger partial charge is 0.497 e. The van der Waals surface area contributed by atoms with Crippen LogP contribution >= 0.6 is 0 Å². The lowest BCUT2D eigenvalue weighted by molar-refractivity contribution is 0.386. The first-order valence-electron chi connectivity index (χ1n) is 8.99. The summed E-state index contributed by atoms with van der Waals surface area (Å²) in [4.78, 5) is 4.25. The Balaban J connectivity index is 1.72. The number of hydrogen-bond donors (Lipinski definition) is 2. The molecule has 2 aromatic rings. The smallest absolute Gasteiger partial charge is 0.266 e. The molecule has 1 aliphatic rings. The van der Waals surface area contributed by atoms with Crippen LogP contribution < -0.4 is 19.5 Å². The van der Waals surface area contributed by atoms with Crippen LogP contribution in [0.2, 0.25) is 0 Å². The van der Waals surface area contributed by atoms with Crippen molar-refractivity contribution < 1.29 is 17.9 Å². The van der Waals surface area contributed by atoms with Gasteiger partial charge in [-0.25, -0.2) is 13.4 Å². The molecule has 0 bridgehead atoms. The summed E-state index contributed by atoms with van der Waals surface area (Å²) in [5.74, 6) is 0.974. The predicted molar refractivity (Wildman–Crippen MR) is 105 cm³/mol. The van der Waals surface area contributed by atoms with Crippen LogP contribution in [-0.4, -0.2) is 33.7 Å². The number of rotatable bonds is 7. The molecule has 3 rings (SSSR count). The van der Waals surface area contributed by atoms with E-state index in [2.05, 4.69) is 15.0 Å². The number of sulfonamides is 1. The zero-order chi connectivity index (χ0) is 19.3. The molecule has 1 saturated carbocycles. The molecule has 1 heterocycles. The average molecular weight is 391 g/mol. The van der Waals surface area contributed by atoms with Gasteiger partial charge in [-0.2, -0.15) is 0 Å². The first-order chi connectivity index (χ1) is 13.0. The van der Waals surface area contributed by atoms with Gasteiger partial charge in [-0.05, 0) is 37.1 Å². The molecule has 0 aliphatic heterocycles. The third kappa shape index (κ3) is 4.82. The van der Waals surface area contributed by atoms with Crippen molar-refractivity contribution in [1.82, 2.24) is 4.98 Å². The van der Waals surface area contributed by atoms with Crippen molar-refractivity contribution >= 4 is 21.5 Å². The minimum Gasteiger partial charge on any atom is -0.497 e. The summed E-state index contributed by atoms with van der Waals surface area (Å²) < 4.78 is 38.2. The van der Waals surface area contributed by atoms with Gasteiger partial charge in [0.1, 0.15) is 22.2 Å². The van der Waals surface area contributed by atoms with Gasteiger partial charge in [-0.1, -0.05) is 19.3 Å². The zero-order valence-electron chi connectivity index (χ0n) is 15.6. The topological polar surface area (TPSA) is 89.6 Å². The van der Waals surface area contributed by atoms with Crippen molar-refractivity contribution in [3.8, 4) is 11.5 Å². The molecule has 0 unspecified atom stereocenters. The second kappa shape index (κ2) is 8.47. The third-order valence-electron chi connectivity index (χ3n) is 4.64. The molecule has 1 aliphatic carbocycles. The summed E-state index contributed by atoms with van der Waals surface area (Å²) >= 11 is 0. The maximum absolute atomic E-state index is 12.7. The van der Waals surface area contributed by atoms with Crippen LogP contribution in [0.4, 0.5) is 11.5 Å². The third-order valence-corrected chi connectivity index (χ3v) is 6.03. The van der Waals surface area contributed by atoms with E-state index in [-0.39, 0.29) is 16.5 Å². The number of hydrogen-bond acceptors (Lipinski definition) is 6. The molecule has 146 valence electrons. The highest BCUT2D eigenvalue weighted by molar-refractivity contribution is 7.92. The molecule has 1 aromatic carbocycles. The maximum Gasteiger partial charge on any atom is 0.266 e. The van der Waals surface area contributed by atoms with Crippen molar-refractivity contribution in [3.63, 3.8) is 0 Å². The van der Waals surface area contributed by atoms with Crippen LogP contribution in [0.25, 0.3) is 0 Å². The van der Waals surface area contributed by atoms with Crippen LogP contribution in [0.5, 0.6) is 11.5 Å². The molecule has 0 atom stereocenters. The molecule has 27 heavy (non-hydrogen) atoms. The quantitative estimate of drug-likeness (QED) is 0.749. The number of methoxy groups -OCH3 is 2. The Labute approximate surface area is 160 Å². The minimum atomic E-state index is -3.83. The lowest BCUT2D eigenvalue weighted by Gasteiger charge is -2.23. The van der Waals surface area contributed by atoms with Gasteiger partial charge in [-0.3, -0.25) is 4.72 Å². The fraction of sp³-hybridized carbons (Fsp3) is 0.421. The lowest BCUT2D eigenvalue weighted by Crippen LogP contribution is -2.22. The first kappa shape index (κ1) is 19.3. The Bertz CT molecular complexity index is 863. The Morgan fingerprint density at radius 3 is 2.44 bits per heavy atom. The van der Waals surface area contributed by atoms with E-state index >= 15 is 0 Å². The molecule has 0 spiro atoms. The van der Waals surface area contributed by atoms with Crippen LogP contribution in [0, 0.1) is 0 Å². The van der Waals surface area contributed by atoms with E-state index < -0.39 is 10.0 Å². The highest BCUT2D eigenvalue weighted by atomic mass is 32.2. The van der Waals surface area contributed by atoms with E-state index in [4.69, 9.17) is 9.47 Å². The van der Waals surface area contributed by atoms with E-state index in [1.165, 1.54) is 45.6 Å². The van der Waals surface area contributed by atoms with E-state index in [0.717, 1.165) is 18.5 Å². The molecule has 1 aromatic heterocycles. The summed E-state index contributed by atoms with van der Waals surface area (Å²) in [6.45, 7) is 0. The molecule has 0 saturated heterocycles. The van der Waals surface area contributed by atoms with Gasteiger partial charge >= 0.3 is 0 Å². The fourth-order valence-electron chi connectivity index (χ4n) is 3.21. The van der Waals surface area contributed by atoms with Gasteiger partial charge in [0.15, 0.2) is 0 Å². The van der Waals surface area contributed by atoms with Gasteiger partial charge in [0.2, 0.25) is 0 Å². The number of aromatic nitrogens is 1. The van der Waals surface area contributed by atoms with Crippen molar-refractivity contribution in [2.24, 2.45) is 0 Å². The number of ether oxygens (including phenoxy) is 2. The summed E-state index contributed by atoms with van der Waals surface area (Å²) in [6, 6.07) is 8.50. The number of pyridine rings is 1. The van der Waals surface area contributed by atoms with Crippen molar-refractivity contribution in [2.75, 3.05) is 24.3 Å². The predicted octanol–water partition coefficient (Wildman–Crippen LogP) is 3.64. The fourth-order valence-corrected chi connectivity index (χ4v) is 4.37. The van der Waals surface area contributed by atoms with Crippen LogP contribution in [-0.2, 0) is 10.0 Å². The number of benzene rings is 1. The number of nitrogens with zero attached hydrogens (tertiary/aromatic N) is 1. The summed E-state index contributed by atoms with van der Waals surface area (Å²) in [7, 11) is -0.912. The zero-order valence-corrected chi connectivity index (χ0v) is 16.4. The average Bonchev–Trinajstić information content (AvgIpc) is 2.69. The van der Waals surface area contributed by atoms with Gasteiger partial charge in [0.25, 0.3) is 10.0 Å². The molecular weight excluding hydrogens is 366 g/mol. The molecule has 8 heteroatoms. The van der Waals surface area contributed by atoms with Crippen molar-refractivity contribution in [2.45, 2.75) is 43.0 Å². The lowest BCUT2D eigenvalue weighted by atomic mass is 9.95. The molecule has 1 fully saturated rings. The second-order valence-corrected chi connectivity index (χ2v) is 8.18. The minimum absolute atomic E-state index is 0.0250. The normalized spacial score (nSPS) is 15.2. The highest BCUT2D eigenvalue weighted by Crippen LogP contribution is 2.29. The Morgan fingerprint density at radius 1 is 1.04 bits per heavy atom. The van der Waals surface area contributed by atoms with E-state index in [9.17, 15) is 8.42 Å². The Kier molecular flexibility index (Phi) is 6.05. The van der Waals surface area contributed by atoms with Crippen molar-refractivity contribution in [3.05, 3.63) is 36.5 Å². The van der Waals surface area contributed by atoms with Gasteiger partial charge in [0.05, 0.1) is 26.1 Å². The summed E-state index contributed by atoms with van der Waals surface area (Å²) in [5, 5.41) is 3.46. The molecular formula is C19H25N3O4S. The first-order valence-corrected chi connectivity index (χ1v) is 10.5. The number of anilines is 2. The highest BCUT2D eigenvalue weighted by Gasteiger charge is 2.21. The van der Waals surface area contributed by atoms with Crippen LogP contribution in [0.3, 0.4) is 0 Å². The van der Waals surface area contributed by atoms with Gasteiger partial charge < -0.3 is 14.8 Å². The van der Waals surface area contributed by atoms with Crippen LogP contribution in [0.1, 0.15) is 32.1 Å². The van der Waals surface area contributed by atoms with Gasteiger partial charge in [0, 0.05) is 12.1 Å². The van der Waals surface area contributed by atoms with Gasteiger partial charge in [-0.15, -0.1) is 0 Å².